The van der Waals surface area contributed by atoms with Crippen molar-refractivity contribution < 1.29 is 0 Å². The molecule has 5 heterocycles. The number of rotatable bonds is 5. The molecule has 5 aromatic heterocycles. The Labute approximate surface area is 326 Å². The third-order valence-corrected chi connectivity index (χ3v) is 11.4. The molecule has 12 rings (SSSR count). The SMILES string of the molecule is c1ccc2c(c1)c1cc(-c3ccc4c(c3)c3ccccc3n4-c3cnccn3)ccc1n2-c1ccc(-c2ccc3c(c2)c2ccccc2n3-c2cnccn2)cc1. The smallest absolute Gasteiger partial charge is 0.156 e. The molecule has 0 atom stereocenters. The lowest BCUT2D eigenvalue weighted by Crippen LogP contribution is -1.97. The molecule has 0 radical (unpaired) electrons. The topological polar surface area (TPSA) is 66.3 Å². The standard InChI is InChI=1S/C50H31N7/c1-4-10-43-37(7-1)40-28-34(35-17-22-48-42(29-35)39-9-3-6-12-45(39)57(48)50-31-52-24-26-54-50)16-20-46(40)55(43)36-18-13-32(14-19-36)33-15-21-47-41(27-33)38-8-2-5-11-44(38)56(47)49-30-51-23-25-53-49/h1-31H. The highest BCUT2D eigenvalue weighted by Crippen LogP contribution is 2.39. The van der Waals surface area contributed by atoms with E-state index < -0.39 is 0 Å². The average molecular weight is 730 g/mol. The molecule has 0 aliphatic carbocycles. The predicted octanol–water partition coefficient (Wildman–Crippen LogP) is 11.9. The van der Waals surface area contributed by atoms with Crippen LogP contribution in [0.25, 0.3) is 105 Å². The van der Waals surface area contributed by atoms with Crippen molar-refractivity contribution in [3.8, 4) is 39.6 Å². The number of fused-ring (bicyclic) bond motifs is 9. The number of aromatic nitrogens is 7. The van der Waals surface area contributed by atoms with Crippen LogP contribution >= 0.6 is 0 Å². The van der Waals surface area contributed by atoms with Crippen LogP contribution in [0.5, 0.6) is 0 Å². The van der Waals surface area contributed by atoms with Crippen LogP contribution in [0.4, 0.5) is 0 Å². The van der Waals surface area contributed by atoms with Gasteiger partial charge in [0, 0.05) is 62.8 Å². The molecule has 0 saturated heterocycles. The summed E-state index contributed by atoms with van der Waals surface area (Å²) in [4.78, 5) is 18.0. The first-order valence-corrected chi connectivity index (χ1v) is 19.0. The molecule has 0 fully saturated rings. The Morgan fingerprint density at radius 1 is 0.298 bits per heavy atom. The van der Waals surface area contributed by atoms with Crippen LogP contribution in [0.15, 0.2) is 189 Å². The van der Waals surface area contributed by atoms with E-state index in [1.54, 1.807) is 24.8 Å². The molecular formula is C50H31N7. The maximum Gasteiger partial charge on any atom is 0.156 e. The van der Waals surface area contributed by atoms with Crippen LogP contribution in [0.1, 0.15) is 0 Å². The molecular weight excluding hydrogens is 699 g/mol. The van der Waals surface area contributed by atoms with E-state index in [-0.39, 0.29) is 0 Å². The molecule has 0 spiro atoms. The van der Waals surface area contributed by atoms with Gasteiger partial charge in [-0.1, -0.05) is 84.9 Å². The van der Waals surface area contributed by atoms with E-state index in [4.69, 9.17) is 0 Å². The van der Waals surface area contributed by atoms with Crippen molar-refractivity contribution in [2.75, 3.05) is 0 Å². The summed E-state index contributed by atoms with van der Waals surface area (Å²) in [6.07, 6.45) is 10.5. The van der Waals surface area contributed by atoms with E-state index in [0.29, 0.717) is 0 Å². The Kier molecular flexibility index (Phi) is 6.79. The highest BCUT2D eigenvalue weighted by molar-refractivity contribution is 6.13. The van der Waals surface area contributed by atoms with E-state index in [2.05, 4.69) is 185 Å². The van der Waals surface area contributed by atoms with Gasteiger partial charge in [-0.15, -0.1) is 0 Å². The van der Waals surface area contributed by atoms with Crippen LogP contribution in [0.3, 0.4) is 0 Å². The summed E-state index contributed by atoms with van der Waals surface area (Å²) in [5.74, 6) is 1.62. The third-order valence-electron chi connectivity index (χ3n) is 11.4. The monoisotopic (exact) mass is 729 g/mol. The van der Waals surface area contributed by atoms with Crippen molar-refractivity contribution in [2.45, 2.75) is 0 Å². The number of benzene rings is 7. The summed E-state index contributed by atoms with van der Waals surface area (Å²) in [5.41, 5.74) is 12.6. The highest BCUT2D eigenvalue weighted by atomic mass is 15.1. The fourth-order valence-electron chi connectivity index (χ4n) is 8.85. The minimum atomic E-state index is 0.808. The van der Waals surface area contributed by atoms with Crippen molar-refractivity contribution in [1.82, 2.24) is 33.6 Å². The van der Waals surface area contributed by atoms with Gasteiger partial charge in [-0.3, -0.25) is 19.1 Å². The Morgan fingerprint density at radius 2 is 0.667 bits per heavy atom. The molecule has 0 aliphatic heterocycles. The molecule has 266 valence electrons. The molecule has 0 bridgehead atoms. The van der Waals surface area contributed by atoms with Gasteiger partial charge < -0.3 is 4.57 Å². The van der Waals surface area contributed by atoms with Crippen molar-refractivity contribution in [3.63, 3.8) is 0 Å². The quantitative estimate of drug-likeness (QED) is 0.177. The molecule has 57 heavy (non-hydrogen) atoms. The molecule has 0 N–H and O–H groups in total. The van der Waals surface area contributed by atoms with Gasteiger partial charge in [0.2, 0.25) is 0 Å². The second-order valence-electron chi connectivity index (χ2n) is 14.4. The number of para-hydroxylation sites is 3. The molecule has 7 heteroatoms. The summed E-state index contributed by atoms with van der Waals surface area (Å²) < 4.78 is 6.77. The van der Waals surface area contributed by atoms with Crippen LogP contribution in [-0.2, 0) is 0 Å². The minimum Gasteiger partial charge on any atom is -0.309 e. The lowest BCUT2D eigenvalue weighted by Gasteiger charge is -2.10. The van der Waals surface area contributed by atoms with E-state index in [9.17, 15) is 0 Å². The Balaban J connectivity index is 0.949. The van der Waals surface area contributed by atoms with Crippen LogP contribution < -0.4 is 0 Å². The van der Waals surface area contributed by atoms with Gasteiger partial charge in [0.1, 0.15) is 0 Å². The largest absolute Gasteiger partial charge is 0.309 e. The van der Waals surface area contributed by atoms with E-state index in [0.717, 1.165) is 45.0 Å². The van der Waals surface area contributed by atoms with Gasteiger partial charge in [-0.25, -0.2) is 9.97 Å². The molecule has 7 aromatic carbocycles. The maximum atomic E-state index is 4.64. The molecule has 0 unspecified atom stereocenters. The summed E-state index contributed by atoms with van der Waals surface area (Å²) >= 11 is 0. The van der Waals surface area contributed by atoms with Crippen LogP contribution in [-0.4, -0.2) is 33.6 Å². The van der Waals surface area contributed by atoms with Gasteiger partial charge in [0.15, 0.2) is 11.6 Å². The Bertz CT molecular complexity index is 3510. The summed E-state index contributed by atoms with van der Waals surface area (Å²) in [6.45, 7) is 0. The Morgan fingerprint density at radius 3 is 1.11 bits per heavy atom. The fraction of sp³-hybridized carbons (Fsp3) is 0. The molecule has 0 aliphatic rings. The van der Waals surface area contributed by atoms with Gasteiger partial charge >= 0.3 is 0 Å². The zero-order chi connectivity index (χ0) is 37.5. The highest BCUT2D eigenvalue weighted by Gasteiger charge is 2.18. The van der Waals surface area contributed by atoms with Crippen LogP contribution in [0, 0.1) is 0 Å². The van der Waals surface area contributed by atoms with Gasteiger partial charge in [-0.2, -0.15) is 0 Å². The number of nitrogens with zero attached hydrogens (tertiary/aromatic N) is 7. The van der Waals surface area contributed by atoms with Crippen molar-refractivity contribution in [1.29, 1.82) is 0 Å². The molecule has 7 nitrogen and oxygen atoms in total. The first-order valence-electron chi connectivity index (χ1n) is 19.0. The number of hydrogen-bond acceptors (Lipinski definition) is 4. The minimum absolute atomic E-state index is 0.808. The zero-order valence-electron chi connectivity index (χ0n) is 30.5. The first kappa shape index (κ1) is 31.5. The molecule has 12 aromatic rings. The normalized spacial score (nSPS) is 11.9. The first-order chi connectivity index (χ1) is 28.3. The molecule has 0 amide bonds. The van der Waals surface area contributed by atoms with Crippen LogP contribution in [0.2, 0.25) is 0 Å². The lowest BCUT2D eigenvalue weighted by atomic mass is 10.0. The summed E-state index contributed by atoms with van der Waals surface area (Å²) in [5, 5.41) is 7.20. The van der Waals surface area contributed by atoms with E-state index in [1.807, 2.05) is 12.4 Å². The van der Waals surface area contributed by atoms with E-state index in [1.165, 1.54) is 60.0 Å². The second-order valence-corrected chi connectivity index (χ2v) is 14.4. The van der Waals surface area contributed by atoms with Crippen molar-refractivity contribution >= 4 is 65.4 Å². The average Bonchev–Trinajstić information content (AvgIpc) is 3.92. The third kappa shape index (κ3) is 4.79. The van der Waals surface area contributed by atoms with E-state index >= 15 is 0 Å². The van der Waals surface area contributed by atoms with Crippen molar-refractivity contribution in [2.24, 2.45) is 0 Å². The van der Waals surface area contributed by atoms with Crippen molar-refractivity contribution in [3.05, 3.63) is 189 Å². The van der Waals surface area contributed by atoms with Gasteiger partial charge in [-0.05, 0) is 89.0 Å². The predicted molar refractivity (Wildman–Crippen MR) is 232 cm³/mol. The maximum absolute atomic E-state index is 4.64. The fourth-order valence-corrected chi connectivity index (χ4v) is 8.85. The molecule has 0 saturated carbocycles. The Hall–Kier alpha value is -7.90. The number of hydrogen-bond donors (Lipinski definition) is 0. The second kappa shape index (κ2) is 12.3. The van der Waals surface area contributed by atoms with Gasteiger partial charge in [0.05, 0.1) is 45.5 Å². The van der Waals surface area contributed by atoms with Gasteiger partial charge in [0.25, 0.3) is 0 Å². The summed E-state index contributed by atoms with van der Waals surface area (Å²) in [7, 11) is 0. The lowest BCUT2D eigenvalue weighted by molar-refractivity contribution is 1.04. The zero-order valence-corrected chi connectivity index (χ0v) is 30.5. The summed E-state index contributed by atoms with van der Waals surface area (Å²) in [6, 6.07) is 55.0.